The Balaban J connectivity index is 2.38. The second-order valence-electron chi connectivity index (χ2n) is 3.36. The van der Waals surface area contributed by atoms with E-state index in [0.717, 1.165) is 11.8 Å². The Bertz CT molecular complexity index is 343. The lowest BCUT2D eigenvalue weighted by atomic mass is 9.90. The zero-order chi connectivity index (χ0) is 9.86. The minimum absolute atomic E-state index is 0.508. The van der Waals surface area contributed by atoms with Gasteiger partial charge in [0.2, 0.25) is 0 Å². The van der Waals surface area contributed by atoms with Crippen molar-refractivity contribution in [3.8, 4) is 0 Å². The van der Waals surface area contributed by atoms with Gasteiger partial charge in [-0.3, -0.25) is 4.79 Å². The summed E-state index contributed by atoms with van der Waals surface area (Å²) in [5.41, 5.74) is 0.176. The molecule has 0 N–H and O–H groups in total. The van der Waals surface area contributed by atoms with Gasteiger partial charge in [0.25, 0.3) is 0 Å². The molecule has 1 unspecified atom stereocenters. The summed E-state index contributed by atoms with van der Waals surface area (Å²) in [4.78, 5) is 11.1. The Kier molecular flexibility index (Phi) is 2.46. The zero-order valence-corrected chi connectivity index (χ0v) is 7.85. The molecule has 1 aromatic rings. The quantitative estimate of drug-likeness (QED) is 0.524. The van der Waals surface area contributed by atoms with Crippen LogP contribution in [0.5, 0.6) is 0 Å². The fourth-order valence-electron chi connectivity index (χ4n) is 1.65. The summed E-state index contributed by atoms with van der Waals surface area (Å²) in [7, 11) is 0. The first kappa shape index (κ1) is 9.16. The van der Waals surface area contributed by atoms with Crippen molar-refractivity contribution in [2.45, 2.75) is 12.0 Å². The van der Waals surface area contributed by atoms with Crippen LogP contribution in [-0.4, -0.2) is 12.9 Å². The molecule has 1 heterocycles. The van der Waals surface area contributed by atoms with E-state index in [0.29, 0.717) is 13.0 Å². The Labute approximate surface area is 83.2 Å². The van der Waals surface area contributed by atoms with Gasteiger partial charge >= 0.3 is 0 Å². The van der Waals surface area contributed by atoms with E-state index in [2.05, 4.69) is 0 Å². The van der Waals surface area contributed by atoms with E-state index in [1.165, 1.54) is 0 Å². The van der Waals surface area contributed by atoms with E-state index in [4.69, 9.17) is 4.74 Å². The highest BCUT2D eigenvalue weighted by Crippen LogP contribution is 2.30. The Hall–Kier alpha value is -1.41. The molecule has 0 amide bonds. The molecule has 0 radical (unpaired) electrons. The number of hydrogen-bond donors (Lipinski definition) is 0. The van der Waals surface area contributed by atoms with Crippen LogP contribution in [0, 0.1) is 0 Å². The summed E-state index contributed by atoms with van der Waals surface area (Å²) >= 11 is 0. The van der Waals surface area contributed by atoms with Crippen LogP contribution >= 0.6 is 0 Å². The van der Waals surface area contributed by atoms with Crippen molar-refractivity contribution in [3.05, 3.63) is 48.0 Å². The third-order valence-corrected chi connectivity index (χ3v) is 2.48. The number of carbonyl (C=O) groups is 1. The summed E-state index contributed by atoms with van der Waals surface area (Å²) in [6.07, 6.45) is 5.45. The molecule has 0 aromatic heterocycles. The summed E-state index contributed by atoms with van der Waals surface area (Å²) in [5.74, 6) is 0. The van der Waals surface area contributed by atoms with Crippen molar-refractivity contribution < 1.29 is 9.53 Å². The van der Waals surface area contributed by atoms with E-state index in [9.17, 15) is 4.79 Å². The van der Waals surface area contributed by atoms with Crippen molar-refractivity contribution in [1.29, 1.82) is 0 Å². The first-order valence-corrected chi connectivity index (χ1v) is 4.68. The highest BCUT2D eigenvalue weighted by molar-refractivity contribution is 5.67. The number of hydrogen-bond acceptors (Lipinski definition) is 2. The molecule has 0 saturated heterocycles. The molecule has 0 aliphatic carbocycles. The molecule has 0 bridgehead atoms. The molecule has 2 rings (SSSR count). The van der Waals surface area contributed by atoms with Gasteiger partial charge in [-0.2, -0.15) is 0 Å². The van der Waals surface area contributed by atoms with Crippen molar-refractivity contribution >= 4 is 6.29 Å². The van der Waals surface area contributed by atoms with Crippen LogP contribution in [-0.2, 0) is 15.1 Å². The Morgan fingerprint density at radius 2 is 2.00 bits per heavy atom. The summed E-state index contributed by atoms with van der Waals surface area (Å²) < 4.78 is 5.55. The lowest BCUT2D eigenvalue weighted by molar-refractivity contribution is -0.131. The minimum Gasteiger partial charge on any atom is -0.358 e. The van der Waals surface area contributed by atoms with Gasteiger partial charge in [-0.25, -0.2) is 0 Å². The number of benzene rings is 1. The molecule has 0 fully saturated rings. The van der Waals surface area contributed by atoms with E-state index >= 15 is 0 Å². The predicted molar refractivity (Wildman–Crippen MR) is 53.9 cm³/mol. The minimum atomic E-state index is -0.754. The van der Waals surface area contributed by atoms with Crippen LogP contribution in [0.1, 0.15) is 12.0 Å². The molecular formula is C12H12O2. The third kappa shape index (κ3) is 1.49. The van der Waals surface area contributed by atoms with Crippen molar-refractivity contribution in [2.24, 2.45) is 0 Å². The third-order valence-electron chi connectivity index (χ3n) is 2.48. The Morgan fingerprint density at radius 3 is 2.57 bits per heavy atom. The second-order valence-corrected chi connectivity index (χ2v) is 3.36. The lowest BCUT2D eigenvalue weighted by Crippen LogP contribution is -2.33. The average Bonchev–Trinajstić information content (AvgIpc) is 2.31. The predicted octanol–water partition coefficient (Wildman–Crippen LogP) is 2.06. The molecule has 1 aliphatic heterocycles. The van der Waals surface area contributed by atoms with Crippen molar-refractivity contribution in [3.63, 3.8) is 0 Å². The van der Waals surface area contributed by atoms with Gasteiger partial charge in [-0.15, -0.1) is 0 Å². The maximum atomic E-state index is 11.1. The molecule has 14 heavy (non-hydrogen) atoms. The number of carbonyl (C=O) groups excluding carboxylic acids is 1. The molecule has 72 valence electrons. The first-order valence-electron chi connectivity index (χ1n) is 4.68. The van der Waals surface area contributed by atoms with Gasteiger partial charge in [0.1, 0.15) is 0 Å². The SMILES string of the molecule is O=CC1(c2ccccc2)CC=CCO1. The fourth-order valence-corrected chi connectivity index (χ4v) is 1.65. The lowest BCUT2D eigenvalue weighted by Gasteiger charge is -2.29. The summed E-state index contributed by atoms with van der Waals surface area (Å²) in [5, 5.41) is 0. The smallest absolute Gasteiger partial charge is 0.156 e. The van der Waals surface area contributed by atoms with Crippen LogP contribution in [0.3, 0.4) is 0 Å². The summed E-state index contributed by atoms with van der Waals surface area (Å²) in [6, 6.07) is 9.62. The van der Waals surface area contributed by atoms with Crippen LogP contribution in [0.25, 0.3) is 0 Å². The topological polar surface area (TPSA) is 26.3 Å². The number of aldehydes is 1. The molecular weight excluding hydrogens is 176 g/mol. The van der Waals surface area contributed by atoms with Gasteiger partial charge in [0, 0.05) is 6.42 Å². The van der Waals surface area contributed by atoms with Gasteiger partial charge in [0.15, 0.2) is 11.9 Å². The maximum Gasteiger partial charge on any atom is 0.156 e. The Morgan fingerprint density at radius 1 is 1.21 bits per heavy atom. The molecule has 1 atom stereocenters. The average molecular weight is 188 g/mol. The molecule has 0 spiro atoms. The van der Waals surface area contributed by atoms with Crippen molar-refractivity contribution in [2.75, 3.05) is 6.61 Å². The second kappa shape index (κ2) is 3.76. The zero-order valence-electron chi connectivity index (χ0n) is 7.85. The largest absolute Gasteiger partial charge is 0.358 e. The van der Waals surface area contributed by atoms with Crippen LogP contribution < -0.4 is 0 Å². The highest BCUT2D eigenvalue weighted by Gasteiger charge is 2.32. The van der Waals surface area contributed by atoms with Crippen LogP contribution in [0.15, 0.2) is 42.5 Å². The fraction of sp³-hybridized carbons (Fsp3) is 0.250. The van der Waals surface area contributed by atoms with E-state index in [-0.39, 0.29) is 0 Å². The summed E-state index contributed by atoms with van der Waals surface area (Å²) in [6.45, 7) is 0.508. The van der Waals surface area contributed by atoms with Gasteiger partial charge < -0.3 is 4.74 Å². The van der Waals surface area contributed by atoms with Crippen LogP contribution in [0.2, 0.25) is 0 Å². The number of ether oxygens (including phenoxy) is 1. The van der Waals surface area contributed by atoms with Gasteiger partial charge in [-0.05, 0) is 5.56 Å². The van der Waals surface area contributed by atoms with Crippen LogP contribution in [0.4, 0.5) is 0 Å². The van der Waals surface area contributed by atoms with E-state index in [1.807, 2.05) is 42.5 Å². The first-order chi connectivity index (χ1) is 6.87. The molecule has 0 saturated carbocycles. The maximum absolute atomic E-state index is 11.1. The normalized spacial score (nSPS) is 26.0. The molecule has 2 heteroatoms. The molecule has 2 nitrogen and oxygen atoms in total. The van der Waals surface area contributed by atoms with Gasteiger partial charge in [-0.1, -0.05) is 42.5 Å². The number of rotatable bonds is 2. The molecule has 1 aliphatic rings. The van der Waals surface area contributed by atoms with E-state index in [1.54, 1.807) is 0 Å². The monoisotopic (exact) mass is 188 g/mol. The van der Waals surface area contributed by atoms with Gasteiger partial charge in [0.05, 0.1) is 6.61 Å². The standard InChI is InChI=1S/C12H12O2/c13-10-12(8-4-5-9-14-12)11-6-2-1-3-7-11/h1-7,10H,8-9H2. The molecule has 1 aromatic carbocycles. The van der Waals surface area contributed by atoms with Crippen molar-refractivity contribution in [1.82, 2.24) is 0 Å². The van der Waals surface area contributed by atoms with E-state index < -0.39 is 5.60 Å². The highest BCUT2D eigenvalue weighted by atomic mass is 16.5.